The smallest absolute Gasteiger partial charge is 0.123 e. The first kappa shape index (κ1) is 12.2. The molecule has 97 valence electrons. The van der Waals surface area contributed by atoms with Crippen LogP contribution in [0.15, 0.2) is 24.3 Å². The lowest BCUT2D eigenvalue weighted by Crippen LogP contribution is -2.39. The predicted molar refractivity (Wildman–Crippen MR) is 71.8 cm³/mol. The molecule has 3 rings (SSSR count). The summed E-state index contributed by atoms with van der Waals surface area (Å²) in [5.41, 5.74) is 1.18. The predicted octanol–water partition coefficient (Wildman–Crippen LogP) is 3.59. The van der Waals surface area contributed by atoms with Gasteiger partial charge in [-0.3, -0.25) is 0 Å². The van der Waals surface area contributed by atoms with E-state index < -0.39 is 0 Å². The van der Waals surface area contributed by atoms with Crippen molar-refractivity contribution >= 4 is 0 Å². The Morgan fingerprint density at radius 3 is 2.11 bits per heavy atom. The van der Waals surface area contributed by atoms with Crippen molar-refractivity contribution in [2.24, 2.45) is 0 Å². The molecule has 0 aromatic heterocycles. The molecule has 1 N–H and O–H groups in total. The Morgan fingerprint density at radius 2 is 1.56 bits per heavy atom. The van der Waals surface area contributed by atoms with Crippen LogP contribution in [0.4, 0.5) is 4.39 Å². The van der Waals surface area contributed by atoms with Crippen LogP contribution >= 0.6 is 0 Å². The van der Waals surface area contributed by atoms with E-state index in [1.807, 2.05) is 12.1 Å². The van der Waals surface area contributed by atoms with Gasteiger partial charge in [-0.1, -0.05) is 12.1 Å². The lowest BCUT2D eigenvalue weighted by atomic mass is 9.69. The van der Waals surface area contributed by atoms with Crippen LogP contribution in [0.5, 0.6) is 0 Å². The second-order valence-electron chi connectivity index (χ2n) is 6.00. The minimum atomic E-state index is -0.161. The molecule has 0 atom stereocenters. The molecule has 18 heavy (non-hydrogen) atoms. The van der Waals surface area contributed by atoms with E-state index in [0.29, 0.717) is 6.04 Å². The van der Waals surface area contributed by atoms with Crippen LogP contribution in [0.1, 0.15) is 44.1 Å². The normalized spacial score (nSPS) is 32.4. The largest absolute Gasteiger partial charge is 0.311 e. The third kappa shape index (κ3) is 2.59. The van der Waals surface area contributed by atoms with Crippen LogP contribution in [-0.4, -0.2) is 12.1 Å². The first-order valence-electron chi connectivity index (χ1n) is 7.03. The zero-order chi connectivity index (χ0) is 12.6. The monoisotopic (exact) mass is 246 g/mol. The van der Waals surface area contributed by atoms with Crippen molar-refractivity contribution in [3.63, 3.8) is 0 Å². The van der Waals surface area contributed by atoms with Gasteiger partial charge in [-0.25, -0.2) is 4.39 Å². The number of hydrogen-bond acceptors (Lipinski definition) is 1. The van der Waals surface area contributed by atoms with Gasteiger partial charge in [0.05, 0.1) is 0 Å². The lowest BCUT2D eigenvalue weighted by molar-refractivity contribution is 0.286. The molecule has 2 fully saturated rings. The van der Waals surface area contributed by atoms with Crippen molar-refractivity contribution in [2.45, 2.75) is 56.0 Å². The maximum atomic E-state index is 13.0. The van der Waals surface area contributed by atoms with Crippen molar-refractivity contribution in [1.29, 1.82) is 0 Å². The third-order valence-electron chi connectivity index (χ3n) is 4.45. The van der Waals surface area contributed by atoms with Gasteiger partial charge in [-0.2, -0.15) is 0 Å². The second kappa shape index (κ2) is 4.65. The fourth-order valence-electron chi connectivity index (χ4n) is 3.01. The molecule has 0 spiro atoms. The van der Waals surface area contributed by atoms with E-state index in [4.69, 9.17) is 0 Å². The van der Waals surface area contributed by atoms with Gasteiger partial charge in [-0.15, -0.1) is 0 Å². The molecule has 2 aliphatic carbocycles. The van der Waals surface area contributed by atoms with E-state index in [2.05, 4.69) is 12.2 Å². The van der Waals surface area contributed by atoms with Gasteiger partial charge in [0, 0.05) is 12.1 Å². The molecule has 0 bridgehead atoms. The SMILES string of the molecule is [CH2][C@]1(c2ccc(F)cc2)CC[C@@H](NC2CC2)CC1. The fraction of sp³-hybridized carbons (Fsp3) is 0.562. The summed E-state index contributed by atoms with van der Waals surface area (Å²) in [6, 6.07) is 8.37. The summed E-state index contributed by atoms with van der Waals surface area (Å²) in [6.07, 6.45) is 7.29. The molecule has 1 aromatic carbocycles. The highest BCUT2D eigenvalue weighted by Gasteiger charge is 2.34. The van der Waals surface area contributed by atoms with E-state index in [-0.39, 0.29) is 11.2 Å². The highest BCUT2D eigenvalue weighted by atomic mass is 19.1. The summed E-state index contributed by atoms with van der Waals surface area (Å²) in [4.78, 5) is 0. The van der Waals surface area contributed by atoms with Crippen molar-refractivity contribution in [2.75, 3.05) is 0 Å². The topological polar surface area (TPSA) is 12.0 Å². The first-order valence-corrected chi connectivity index (χ1v) is 7.03. The molecule has 0 saturated heterocycles. The van der Waals surface area contributed by atoms with Gasteiger partial charge in [0.1, 0.15) is 5.82 Å². The van der Waals surface area contributed by atoms with Gasteiger partial charge in [0.2, 0.25) is 0 Å². The molecule has 1 nitrogen and oxygen atoms in total. The third-order valence-corrected chi connectivity index (χ3v) is 4.45. The number of rotatable bonds is 3. The number of hydrogen-bond donors (Lipinski definition) is 1. The zero-order valence-corrected chi connectivity index (χ0v) is 10.8. The number of benzene rings is 1. The van der Waals surface area contributed by atoms with Crippen molar-refractivity contribution in [3.05, 3.63) is 42.6 Å². The molecule has 2 saturated carbocycles. The van der Waals surface area contributed by atoms with E-state index in [1.54, 1.807) is 12.1 Å². The minimum Gasteiger partial charge on any atom is -0.311 e. The maximum Gasteiger partial charge on any atom is 0.123 e. The van der Waals surface area contributed by atoms with Gasteiger partial charge >= 0.3 is 0 Å². The fourth-order valence-corrected chi connectivity index (χ4v) is 3.01. The summed E-state index contributed by atoms with van der Waals surface area (Å²) < 4.78 is 13.0. The molecule has 2 aliphatic rings. The molecule has 0 heterocycles. The van der Waals surface area contributed by atoms with Gasteiger partial charge in [0.25, 0.3) is 0 Å². The Labute approximate surface area is 109 Å². The Morgan fingerprint density at radius 1 is 1.00 bits per heavy atom. The average molecular weight is 246 g/mol. The zero-order valence-electron chi connectivity index (χ0n) is 10.8. The molecule has 2 heteroatoms. The molecule has 1 radical (unpaired) electrons. The van der Waals surface area contributed by atoms with Gasteiger partial charge < -0.3 is 5.32 Å². The first-order chi connectivity index (χ1) is 8.66. The highest BCUT2D eigenvalue weighted by molar-refractivity contribution is 5.28. The molecular weight excluding hydrogens is 225 g/mol. The van der Waals surface area contributed by atoms with E-state index >= 15 is 0 Å². The van der Waals surface area contributed by atoms with Crippen LogP contribution in [0.25, 0.3) is 0 Å². The molecular formula is C16H21FN. The molecule has 1 aromatic rings. The summed E-state index contributed by atoms with van der Waals surface area (Å²) in [5.74, 6) is -0.161. The van der Waals surface area contributed by atoms with Crippen LogP contribution < -0.4 is 5.32 Å². The quantitative estimate of drug-likeness (QED) is 0.859. The standard InChI is InChI=1S/C16H21FN/c1-16(12-2-4-13(17)5-3-12)10-8-15(9-11-16)18-14-6-7-14/h2-5,14-15,18H,1,6-11H2/t15-,16+. The van der Waals surface area contributed by atoms with E-state index in [9.17, 15) is 4.39 Å². The van der Waals surface area contributed by atoms with Gasteiger partial charge in [-0.05, 0) is 68.6 Å². The van der Waals surface area contributed by atoms with Crippen LogP contribution in [0, 0.1) is 12.7 Å². The Balaban J connectivity index is 1.63. The number of nitrogens with one attached hydrogen (secondary N) is 1. The lowest BCUT2D eigenvalue weighted by Gasteiger charge is -2.38. The Hall–Kier alpha value is -0.890. The maximum absolute atomic E-state index is 13.0. The molecule has 0 unspecified atom stereocenters. The van der Waals surface area contributed by atoms with Crippen LogP contribution in [0.2, 0.25) is 0 Å². The highest BCUT2D eigenvalue weighted by Crippen LogP contribution is 2.39. The summed E-state index contributed by atoms with van der Waals surface area (Å²) in [5, 5.41) is 3.70. The molecule has 0 amide bonds. The number of halogens is 1. The average Bonchev–Trinajstić information content (AvgIpc) is 3.17. The summed E-state index contributed by atoms with van der Waals surface area (Å²) >= 11 is 0. The van der Waals surface area contributed by atoms with Gasteiger partial charge in [0.15, 0.2) is 0 Å². The second-order valence-corrected chi connectivity index (χ2v) is 6.00. The summed E-state index contributed by atoms with van der Waals surface area (Å²) in [6.45, 7) is 4.41. The van der Waals surface area contributed by atoms with E-state index in [0.717, 1.165) is 18.9 Å². The van der Waals surface area contributed by atoms with Crippen molar-refractivity contribution < 1.29 is 4.39 Å². The van der Waals surface area contributed by atoms with Crippen molar-refractivity contribution in [3.8, 4) is 0 Å². The van der Waals surface area contributed by atoms with Crippen LogP contribution in [-0.2, 0) is 5.41 Å². The Kier molecular flexibility index (Phi) is 3.14. The van der Waals surface area contributed by atoms with E-state index in [1.165, 1.54) is 31.2 Å². The van der Waals surface area contributed by atoms with Crippen LogP contribution in [0.3, 0.4) is 0 Å². The Bertz CT molecular complexity index is 400. The van der Waals surface area contributed by atoms with Crippen molar-refractivity contribution in [1.82, 2.24) is 5.32 Å². The minimum absolute atomic E-state index is 0.00453. The molecule has 0 aliphatic heterocycles. The summed E-state index contributed by atoms with van der Waals surface area (Å²) in [7, 11) is 0.